The van der Waals surface area contributed by atoms with Crippen molar-refractivity contribution in [1.29, 1.82) is 0 Å². The first-order valence-electron chi connectivity index (χ1n) is 11.4. The van der Waals surface area contributed by atoms with Gasteiger partial charge in [-0.05, 0) is 26.3 Å². The summed E-state index contributed by atoms with van der Waals surface area (Å²) in [4.78, 5) is 26.5. The number of rotatable bonds is 12. The van der Waals surface area contributed by atoms with Gasteiger partial charge in [0.2, 0.25) is 0 Å². The third kappa shape index (κ3) is 9.15. The summed E-state index contributed by atoms with van der Waals surface area (Å²) in [7, 11) is 3.15. The molecule has 3 atom stereocenters. The number of thioether (sulfide) groups is 1. The average molecular weight is 545 g/mol. The van der Waals surface area contributed by atoms with Gasteiger partial charge in [0.05, 0.1) is 12.2 Å². The fourth-order valence-corrected chi connectivity index (χ4v) is 4.06. The van der Waals surface area contributed by atoms with Crippen LogP contribution in [-0.2, 0) is 9.53 Å². The number of nitrogens with one attached hydrogen (secondary N) is 4. The Morgan fingerprint density at radius 1 is 1.44 bits per heavy atom. The summed E-state index contributed by atoms with van der Waals surface area (Å²) >= 11 is 1.17. The topological polar surface area (TPSA) is 121 Å². The summed E-state index contributed by atoms with van der Waals surface area (Å²) in [6, 6.07) is 0. The molecule has 0 aliphatic carbocycles. The maximum absolute atomic E-state index is 13.2. The second-order valence-electron chi connectivity index (χ2n) is 8.26. The Labute approximate surface area is 217 Å². The normalized spacial score (nSPS) is 20.6. The minimum atomic E-state index is -2.94. The zero-order valence-corrected chi connectivity index (χ0v) is 22.8. The van der Waals surface area contributed by atoms with E-state index in [1.54, 1.807) is 20.0 Å². The summed E-state index contributed by atoms with van der Waals surface area (Å²) in [5.41, 5.74) is 6.00. The molecule has 1 saturated heterocycles. The predicted molar refractivity (Wildman–Crippen MR) is 142 cm³/mol. The molecule has 0 aromatic heterocycles. The summed E-state index contributed by atoms with van der Waals surface area (Å²) < 4.78 is 32.1. The van der Waals surface area contributed by atoms with Crippen molar-refractivity contribution >= 4 is 32.1 Å². The number of hydrogen-bond acceptors (Lipinski definition) is 8. The molecule has 2 aliphatic rings. The number of nitrogens with two attached hydrogens (primary N) is 1. The van der Waals surface area contributed by atoms with Crippen molar-refractivity contribution in [2.45, 2.75) is 45.2 Å². The molecule has 0 bridgehead atoms. The van der Waals surface area contributed by atoms with Gasteiger partial charge in [-0.3, -0.25) is 9.59 Å². The van der Waals surface area contributed by atoms with Gasteiger partial charge in [0.15, 0.2) is 6.23 Å². The second kappa shape index (κ2) is 13.7. The largest absolute Gasteiger partial charge is 0.472 e. The molecule has 2 heterocycles. The summed E-state index contributed by atoms with van der Waals surface area (Å²) in [5, 5.41) is 11.1. The number of nitrogens with zero attached hydrogens (tertiary/aromatic N) is 1. The van der Waals surface area contributed by atoms with Crippen molar-refractivity contribution in [3.63, 3.8) is 0 Å². The molecule has 200 valence electrons. The molecule has 9 nitrogen and oxygen atoms in total. The van der Waals surface area contributed by atoms with Gasteiger partial charge in [0, 0.05) is 36.8 Å². The fourth-order valence-electron chi connectivity index (χ4n) is 3.13. The van der Waals surface area contributed by atoms with Gasteiger partial charge in [-0.2, -0.15) is 0 Å². The van der Waals surface area contributed by atoms with Crippen LogP contribution >= 0.6 is 21.0 Å². The molecule has 0 aromatic rings. The van der Waals surface area contributed by atoms with Crippen LogP contribution in [0.2, 0.25) is 0 Å². The van der Waals surface area contributed by atoms with Crippen LogP contribution in [0.3, 0.4) is 0 Å². The molecule has 2 aliphatic heterocycles. The average Bonchev–Trinajstić information content (AvgIpc) is 3.48. The zero-order chi connectivity index (χ0) is 26.9. The number of alkyl halides is 2. The van der Waals surface area contributed by atoms with E-state index in [4.69, 9.17) is 10.5 Å². The monoisotopic (exact) mass is 544 g/mol. The van der Waals surface area contributed by atoms with Crippen LogP contribution in [-0.4, -0.2) is 60.0 Å². The van der Waals surface area contributed by atoms with Crippen LogP contribution < -0.4 is 27.0 Å². The second-order valence-corrected chi connectivity index (χ2v) is 10.2. The first-order chi connectivity index (χ1) is 16.9. The quantitative estimate of drug-likeness (QED) is 0.188. The van der Waals surface area contributed by atoms with Crippen LogP contribution in [0.25, 0.3) is 0 Å². The lowest BCUT2D eigenvalue weighted by Gasteiger charge is -2.26. The third-order valence-electron chi connectivity index (χ3n) is 5.26. The Kier molecular flexibility index (Phi) is 11.3. The number of halogens is 2. The summed E-state index contributed by atoms with van der Waals surface area (Å²) in [6.45, 7) is 5.60. The van der Waals surface area contributed by atoms with Crippen LogP contribution in [0, 0.1) is 0 Å². The predicted octanol–water partition coefficient (Wildman–Crippen LogP) is 2.65. The number of hydrogen-bond donors (Lipinski definition) is 5. The Morgan fingerprint density at radius 3 is 2.75 bits per heavy atom. The van der Waals surface area contributed by atoms with Crippen molar-refractivity contribution in [1.82, 2.24) is 26.2 Å². The van der Waals surface area contributed by atoms with E-state index >= 15 is 0 Å². The van der Waals surface area contributed by atoms with Gasteiger partial charge in [0.1, 0.15) is 18.1 Å². The smallest absolute Gasteiger partial charge is 0.283 e. The standard InChI is InChI=1S/C23H35F2N6O3PS/c1-5-14(2)6-7-16(10-15(3)28-13-23(24,25)35)21-30-18(12-34-21)20(32)29-17(11-27-4)19(26)31-8-9-36-22(31)33/h6-7,10-12,19,21,27-28,30H,5,8-9,13,26,35H2,1-4H3,(H,29,32)/b14-6+,15-10+,16-7+,17-11+. The highest BCUT2D eigenvalue weighted by atomic mass is 32.2. The maximum Gasteiger partial charge on any atom is 0.283 e. The molecule has 2 rings (SSSR count). The van der Waals surface area contributed by atoms with Crippen molar-refractivity contribution in [2.24, 2.45) is 5.73 Å². The summed E-state index contributed by atoms with van der Waals surface area (Å²) in [6.07, 6.45) is 7.51. The SMILES string of the molecule is CC/C(C)=C/C=C(\C=C(/C)NCC(F)(F)P)C1NC(C(=O)N/C(=C/NC)C(N)N2CCSC2=O)=CO1. The number of amides is 2. The van der Waals surface area contributed by atoms with Gasteiger partial charge < -0.3 is 36.6 Å². The van der Waals surface area contributed by atoms with E-state index in [1.807, 2.05) is 26.0 Å². The van der Waals surface area contributed by atoms with Crippen LogP contribution in [0.1, 0.15) is 27.2 Å². The minimum Gasteiger partial charge on any atom is -0.472 e. The third-order valence-corrected chi connectivity index (χ3v) is 6.34. The first kappa shape index (κ1) is 29.7. The van der Waals surface area contributed by atoms with Gasteiger partial charge in [-0.15, -0.1) is 0 Å². The molecule has 13 heteroatoms. The molecule has 0 spiro atoms. The molecule has 3 unspecified atom stereocenters. The lowest BCUT2D eigenvalue weighted by molar-refractivity contribution is -0.117. The molecule has 0 radical (unpaired) electrons. The van der Waals surface area contributed by atoms with Gasteiger partial charge in [-0.25, -0.2) is 8.78 Å². The molecule has 6 N–H and O–H groups in total. The van der Waals surface area contributed by atoms with E-state index in [-0.39, 0.29) is 10.9 Å². The Morgan fingerprint density at radius 2 is 2.17 bits per heavy atom. The minimum absolute atomic E-state index is 0.147. The number of ether oxygens (including phenoxy) is 1. The van der Waals surface area contributed by atoms with Gasteiger partial charge in [-0.1, -0.05) is 45.7 Å². The number of allylic oxidation sites excluding steroid dienone is 4. The maximum atomic E-state index is 13.2. The summed E-state index contributed by atoms with van der Waals surface area (Å²) in [5.74, 6) is 0.127. The molecule has 2 amide bonds. The highest BCUT2D eigenvalue weighted by Crippen LogP contribution is 2.23. The Hall–Kier alpha value is -2.56. The van der Waals surface area contributed by atoms with Crippen molar-refractivity contribution in [3.05, 3.63) is 58.9 Å². The fraction of sp³-hybridized carbons (Fsp3) is 0.478. The molecule has 0 saturated carbocycles. The molecular weight excluding hydrogens is 509 g/mol. The van der Waals surface area contributed by atoms with E-state index in [0.29, 0.717) is 29.3 Å². The van der Waals surface area contributed by atoms with E-state index in [9.17, 15) is 18.4 Å². The van der Waals surface area contributed by atoms with Crippen LogP contribution in [0.15, 0.2) is 58.9 Å². The Balaban J connectivity index is 2.13. The van der Waals surface area contributed by atoms with E-state index in [1.165, 1.54) is 38.4 Å². The van der Waals surface area contributed by atoms with E-state index in [0.717, 1.165) is 12.0 Å². The van der Waals surface area contributed by atoms with E-state index < -0.39 is 30.5 Å². The van der Waals surface area contributed by atoms with Crippen molar-refractivity contribution in [3.8, 4) is 0 Å². The van der Waals surface area contributed by atoms with Crippen LogP contribution in [0.4, 0.5) is 13.6 Å². The lowest BCUT2D eigenvalue weighted by Crippen LogP contribution is -2.49. The van der Waals surface area contributed by atoms with Gasteiger partial charge >= 0.3 is 0 Å². The van der Waals surface area contributed by atoms with Crippen LogP contribution in [0.5, 0.6) is 0 Å². The molecule has 0 aromatic carbocycles. The lowest BCUT2D eigenvalue weighted by atomic mass is 10.1. The number of carbonyl (C=O) groups is 2. The van der Waals surface area contributed by atoms with Crippen molar-refractivity contribution < 1.29 is 23.1 Å². The number of carbonyl (C=O) groups excluding carboxylic acids is 2. The van der Waals surface area contributed by atoms with Crippen molar-refractivity contribution in [2.75, 3.05) is 25.9 Å². The molecular formula is C23H35F2N6O3PS. The van der Waals surface area contributed by atoms with Gasteiger partial charge in [0.25, 0.3) is 16.8 Å². The highest BCUT2D eigenvalue weighted by molar-refractivity contribution is 8.13. The Bertz CT molecular complexity index is 977. The zero-order valence-electron chi connectivity index (χ0n) is 20.9. The molecule has 36 heavy (non-hydrogen) atoms. The first-order valence-corrected chi connectivity index (χ1v) is 13.0. The molecule has 1 fully saturated rings. The van der Waals surface area contributed by atoms with E-state index in [2.05, 4.69) is 21.3 Å². The highest BCUT2D eigenvalue weighted by Gasteiger charge is 2.31.